The monoisotopic (exact) mass is 280 g/mol. The Hall–Kier alpha value is -1.42. The highest BCUT2D eigenvalue weighted by molar-refractivity contribution is 5.94. The van der Waals surface area contributed by atoms with E-state index < -0.39 is 5.82 Å². The van der Waals surface area contributed by atoms with Crippen LogP contribution < -0.4 is 5.32 Å². The lowest BCUT2D eigenvalue weighted by atomic mass is 10.1. The zero-order chi connectivity index (χ0) is 15.0. The molecule has 0 aromatic heterocycles. The molecule has 0 radical (unpaired) electrons. The molecule has 1 N–H and O–H groups in total. The van der Waals surface area contributed by atoms with Gasteiger partial charge in [-0.1, -0.05) is 26.0 Å². The summed E-state index contributed by atoms with van der Waals surface area (Å²) in [6, 6.07) is 6.12. The van der Waals surface area contributed by atoms with E-state index >= 15 is 0 Å². The van der Waals surface area contributed by atoms with Gasteiger partial charge in [0.15, 0.2) is 0 Å². The Morgan fingerprint density at radius 1 is 1.30 bits per heavy atom. The molecule has 1 aromatic rings. The molecule has 1 rings (SSSR count). The Balaban J connectivity index is 2.37. The van der Waals surface area contributed by atoms with Crippen LogP contribution in [0.15, 0.2) is 24.3 Å². The smallest absolute Gasteiger partial charge is 0.254 e. The molecule has 0 saturated heterocycles. The number of nitrogens with one attached hydrogen (secondary N) is 1. The molecule has 0 aliphatic rings. The summed E-state index contributed by atoms with van der Waals surface area (Å²) < 4.78 is 13.5. The Morgan fingerprint density at radius 3 is 2.55 bits per heavy atom. The highest BCUT2D eigenvalue weighted by Crippen LogP contribution is 2.07. The number of hydrogen-bond donors (Lipinski definition) is 1. The van der Waals surface area contributed by atoms with Gasteiger partial charge in [0.25, 0.3) is 5.91 Å². The molecule has 0 aliphatic carbocycles. The van der Waals surface area contributed by atoms with Crippen molar-refractivity contribution in [3.8, 4) is 0 Å². The van der Waals surface area contributed by atoms with E-state index in [0.29, 0.717) is 0 Å². The zero-order valence-corrected chi connectivity index (χ0v) is 12.7. The quantitative estimate of drug-likeness (QED) is 0.793. The largest absolute Gasteiger partial charge is 0.349 e. The fourth-order valence-electron chi connectivity index (χ4n) is 2.18. The van der Waals surface area contributed by atoms with E-state index in [1.165, 1.54) is 12.1 Å². The Bertz CT molecular complexity index is 419. The summed E-state index contributed by atoms with van der Waals surface area (Å²) >= 11 is 0. The first-order valence-electron chi connectivity index (χ1n) is 7.36. The number of benzene rings is 1. The molecule has 0 fully saturated rings. The first-order valence-corrected chi connectivity index (χ1v) is 7.36. The van der Waals surface area contributed by atoms with Gasteiger partial charge in [-0.05, 0) is 51.5 Å². The summed E-state index contributed by atoms with van der Waals surface area (Å²) in [5, 5.41) is 2.85. The molecule has 1 amide bonds. The third kappa shape index (κ3) is 5.29. The molecule has 20 heavy (non-hydrogen) atoms. The van der Waals surface area contributed by atoms with Crippen molar-refractivity contribution in [2.24, 2.45) is 0 Å². The first kappa shape index (κ1) is 16.6. The SMILES string of the molecule is CCN(CC)CCCC(C)NC(=O)c1ccccc1F. The van der Waals surface area contributed by atoms with Crippen molar-refractivity contribution in [3.63, 3.8) is 0 Å². The minimum Gasteiger partial charge on any atom is -0.349 e. The molecule has 1 aromatic carbocycles. The predicted molar refractivity (Wildman–Crippen MR) is 80.4 cm³/mol. The van der Waals surface area contributed by atoms with Crippen LogP contribution in [0.5, 0.6) is 0 Å². The van der Waals surface area contributed by atoms with Crippen LogP contribution in [0, 0.1) is 5.82 Å². The molecule has 4 heteroatoms. The normalized spacial score (nSPS) is 12.4. The molecule has 1 atom stereocenters. The van der Waals surface area contributed by atoms with Crippen molar-refractivity contribution in [2.75, 3.05) is 19.6 Å². The first-order chi connectivity index (χ1) is 9.58. The third-order valence-corrected chi connectivity index (χ3v) is 3.50. The van der Waals surface area contributed by atoms with Gasteiger partial charge in [-0.3, -0.25) is 4.79 Å². The van der Waals surface area contributed by atoms with Crippen LogP contribution in [-0.4, -0.2) is 36.5 Å². The lowest BCUT2D eigenvalue weighted by Crippen LogP contribution is -2.34. The average molecular weight is 280 g/mol. The molecule has 1 unspecified atom stereocenters. The molecular weight excluding hydrogens is 255 g/mol. The number of rotatable bonds is 8. The lowest BCUT2D eigenvalue weighted by molar-refractivity contribution is 0.0933. The summed E-state index contributed by atoms with van der Waals surface area (Å²) in [5.41, 5.74) is 0.114. The minimum atomic E-state index is -0.472. The van der Waals surface area contributed by atoms with E-state index in [-0.39, 0.29) is 17.5 Å². The van der Waals surface area contributed by atoms with E-state index in [1.807, 2.05) is 6.92 Å². The van der Waals surface area contributed by atoms with E-state index in [9.17, 15) is 9.18 Å². The van der Waals surface area contributed by atoms with E-state index in [1.54, 1.807) is 12.1 Å². The van der Waals surface area contributed by atoms with Gasteiger partial charge < -0.3 is 10.2 Å². The van der Waals surface area contributed by atoms with Crippen LogP contribution in [0.25, 0.3) is 0 Å². The zero-order valence-electron chi connectivity index (χ0n) is 12.7. The molecule has 112 valence electrons. The maximum atomic E-state index is 13.5. The van der Waals surface area contributed by atoms with Gasteiger partial charge in [-0.2, -0.15) is 0 Å². The summed E-state index contributed by atoms with van der Waals surface area (Å²) in [6.07, 6.45) is 1.93. The summed E-state index contributed by atoms with van der Waals surface area (Å²) in [7, 11) is 0. The number of halogens is 1. The van der Waals surface area contributed by atoms with Gasteiger partial charge in [-0.25, -0.2) is 4.39 Å². The Morgan fingerprint density at radius 2 is 1.95 bits per heavy atom. The lowest BCUT2D eigenvalue weighted by Gasteiger charge is -2.19. The van der Waals surface area contributed by atoms with Crippen LogP contribution >= 0.6 is 0 Å². The Labute approximate surface area is 121 Å². The van der Waals surface area contributed by atoms with Gasteiger partial charge in [0.1, 0.15) is 5.82 Å². The van der Waals surface area contributed by atoms with Gasteiger partial charge in [0, 0.05) is 6.04 Å². The van der Waals surface area contributed by atoms with Gasteiger partial charge >= 0.3 is 0 Å². The van der Waals surface area contributed by atoms with Crippen molar-refractivity contribution in [1.29, 1.82) is 0 Å². The topological polar surface area (TPSA) is 32.3 Å². The molecule has 0 spiro atoms. The molecule has 0 heterocycles. The highest BCUT2D eigenvalue weighted by atomic mass is 19.1. The standard InChI is InChI=1S/C16H25FN2O/c1-4-19(5-2)12-8-9-13(3)18-16(20)14-10-6-7-11-15(14)17/h6-7,10-11,13H,4-5,8-9,12H2,1-3H3,(H,18,20). The number of amides is 1. The van der Waals surface area contributed by atoms with E-state index in [4.69, 9.17) is 0 Å². The van der Waals surface area contributed by atoms with Gasteiger partial charge in [0.2, 0.25) is 0 Å². The van der Waals surface area contributed by atoms with Crippen molar-refractivity contribution < 1.29 is 9.18 Å². The number of hydrogen-bond acceptors (Lipinski definition) is 2. The Kier molecular flexibility index (Phi) is 7.23. The van der Waals surface area contributed by atoms with Crippen LogP contribution in [0.3, 0.4) is 0 Å². The number of carbonyl (C=O) groups is 1. The van der Waals surface area contributed by atoms with Crippen molar-refractivity contribution >= 4 is 5.91 Å². The second-order valence-electron chi connectivity index (χ2n) is 5.02. The molecule has 0 aliphatic heterocycles. The highest BCUT2D eigenvalue weighted by Gasteiger charge is 2.13. The number of nitrogens with zero attached hydrogens (tertiary/aromatic N) is 1. The van der Waals surface area contributed by atoms with E-state index in [2.05, 4.69) is 24.1 Å². The summed E-state index contributed by atoms with van der Waals surface area (Å²) in [4.78, 5) is 14.3. The summed E-state index contributed by atoms with van der Waals surface area (Å²) in [5.74, 6) is -0.807. The van der Waals surface area contributed by atoms with Gasteiger partial charge in [0.05, 0.1) is 5.56 Å². The van der Waals surface area contributed by atoms with Gasteiger partial charge in [-0.15, -0.1) is 0 Å². The van der Waals surface area contributed by atoms with Crippen LogP contribution in [-0.2, 0) is 0 Å². The molecular formula is C16H25FN2O. The van der Waals surface area contributed by atoms with Crippen LogP contribution in [0.4, 0.5) is 4.39 Å². The summed E-state index contributed by atoms with van der Waals surface area (Å²) in [6.45, 7) is 9.38. The molecule has 3 nitrogen and oxygen atoms in total. The van der Waals surface area contributed by atoms with E-state index in [0.717, 1.165) is 32.5 Å². The maximum Gasteiger partial charge on any atom is 0.254 e. The fourth-order valence-corrected chi connectivity index (χ4v) is 2.18. The van der Waals surface area contributed by atoms with Crippen LogP contribution in [0.1, 0.15) is 44.0 Å². The van der Waals surface area contributed by atoms with Crippen molar-refractivity contribution in [1.82, 2.24) is 10.2 Å². The predicted octanol–water partition coefficient (Wildman–Crippen LogP) is 3.07. The fraction of sp³-hybridized carbons (Fsp3) is 0.562. The maximum absolute atomic E-state index is 13.5. The van der Waals surface area contributed by atoms with Crippen LogP contribution in [0.2, 0.25) is 0 Å². The molecule has 0 bridgehead atoms. The second-order valence-corrected chi connectivity index (χ2v) is 5.02. The molecule has 0 saturated carbocycles. The second kappa shape index (κ2) is 8.69. The number of carbonyl (C=O) groups excluding carboxylic acids is 1. The minimum absolute atomic E-state index is 0.0534. The van der Waals surface area contributed by atoms with Crippen molar-refractivity contribution in [2.45, 2.75) is 39.7 Å². The van der Waals surface area contributed by atoms with Crippen molar-refractivity contribution in [3.05, 3.63) is 35.6 Å². The average Bonchev–Trinajstić information content (AvgIpc) is 2.44. The third-order valence-electron chi connectivity index (χ3n) is 3.50.